The third kappa shape index (κ3) is 2.51. The van der Waals surface area contributed by atoms with Gasteiger partial charge < -0.3 is 15.7 Å². The Morgan fingerprint density at radius 2 is 2.39 bits per heavy atom. The molecule has 1 aromatic rings. The predicted molar refractivity (Wildman–Crippen MR) is 67.3 cm³/mol. The van der Waals surface area contributed by atoms with Crippen molar-refractivity contribution >= 4 is 17.3 Å². The van der Waals surface area contributed by atoms with Gasteiger partial charge in [0.25, 0.3) is 0 Å². The molecule has 18 heavy (non-hydrogen) atoms. The van der Waals surface area contributed by atoms with Crippen molar-refractivity contribution in [3.8, 4) is 0 Å². The monoisotopic (exact) mass is 252 g/mol. The van der Waals surface area contributed by atoms with Crippen LogP contribution in [-0.4, -0.2) is 34.7 Å². The summed E-state index contributed by atoms with van der Waals surface area (Å²) in [6.07, 6.45) is 1.82. The lowest BCUT2D eigenvalue weighted by Gasteiger charge is -2.32. The normalized spacial score (nSPS) is 19.8. The van der Waals surface area contributed by atoms with Crippen LogP contribution in [0, 0.1) is 16.0 Å². The van der Waals surface area contributed by atoms with E-state index in [9.17, 15) is 15.2 Å². The highest BCUT2D eigenvalue weighted by molar-refractivity contribution is 5.61. The molecule has 7 heteroatoms. The summed E-state index contributed by atoms with van der Waals surface area (Å²) in [7, 11) is 0. The zero-order valence-electron chi connectivity index (χ0n) is 9.95. The molecule has 1 aliphatic heterocycles. The first-order valence-electron chi connectivity index (χ1n) is 5.88. The first-order chi connectivity index (χ1) is 8.61. The molecule has 0 amide bonds. The summed E-state index contributed by atoms with van der Waals surface area (Å²) in [4.78, 5) is 16.4. The SMILES string of the molecule is Nc1ccc([N+](=O)[O-])c(N2CCCC(CO)C2)n1. The number of nitrogen functional groups attached to an aromatic ring is 1. The molecule has 3 N–H and O–H groups in total. The van der Waals surface area contributed by atoms with E-state index >= 15 is 0 Å². The summed E-state index contributed by atoms with van der Waals surface area (Å²) in [5.74, 6) is 0.710. The number of aliphatic hydroxyl groups excluding tert-OH is 1. The Bertz CT molecular complexity index is 452. The van der Waals surface area contributed by atoms with Crippen LogP contribution in [0.25, 0.3) is 0 Å². The summed E-state index contributed by atoms with van der Waals surface area (Å²) in [5, 5.41) is 20.2. The molecule has 0 aliphatic carbocycles. The van der Waals surface area contributed by atoms with Gasteiger partial charge in [-0.2, -0.15) is 0 Å². The van der Waals surface area contributed by atoms with Crippen LogP contribution in [0.5, 0.6) is 0 Å². The molecule has 1 atom stereocenters. The minimum absolute atomic E-state index is 0.0391. The summed E-state index contributed by atoms with van der Waals surface area (Å²) in [6.45, 7) is 1.37. The smallest absolute Gasteiger partial charge is 0.311 e. The van der Waals surface area contributed by atoms with Crippen molar-refractivity contribution in [3.63, 3.8) is 0 Å². The molecule has 7 nitrogen and oxygen atoms in total. The van der Waals surface area contributed by atoms with Crippen molar-refractivity contribution in [1.29, 1.82) is 0 Å². The van der Waals surface area contributed by atoms with Gasteiger partial charge in [0.1, 0.15) is 5.82 Å². The highest BCUT2D eigenvalue weighted by Crippen LogP contribution is 2.30. The van der Waals surface area contributed by atoms with E-state index in [4.69, 9.17) is 5.73 Å². The zero-order chi connectivity index (χ0) is 13.1. The second kappa shape index (κ2) is 5.18. The molecule has 1 aromatic heterocycles. The van der Waals surface area contributed by atoms with E-state index in [-0.39, 0.29) is 24.0 Å². The van der Waals surface area contributed by atoms with Crippen molar-refractivity contribution in [1.82, 2.24) is 4.98 Å². The number of nitro groups is 1. The van der Waals surface area contributed by atoms with Crippen LogP contribution in [0.1, 0.15) is 12.8 Å². The molecule has 1 fully saturated rings. The number of hydrogen-bond acceptors (Lipinski definition) is 6. The van der Waals surface area contributed by atoms with Gasteiger partial charge >= 0.3 is 5.69 Å². The van der Waals surface area contributed by atoms with Crippen molar-refractivity contribution in [2.24, 2.45) is 5.92 Å². The molecule has 98 valence electrons. The van der Waals surface area contributed by atoms with E-state index < -0.39 is 4.92 Å². The number of aliphatic hydroxyl groups is 1. The van der Waals surface area contributed by atoms with Crippen molar-refractivity contribution in [2.75, 3.05) is 30.3 Å². The molecule has 0 radical (unpaired) electrons. The highest BCUT2D eigenvalue weighted by atomic mass is 16.6. The van der Waals surface area contributed by atoms with Gasteiger partial charge in [0, 0.05) is 25.8 Å². The maximum absolute atomic E-state index is 11.0. The second-order valence-corrected chi connectivity index (χ2v) is 4.47. The molecule has 0 spiro atoms. The Kier molecular flexibility index (Phi) is 3.61. The largest absolute Gasteiger partial charge is 0.396 e. The second-order valence-electron chi connectivity index (χ2n) is 4.47. The fourth-order valence-electron chi connectivity index (χ4n) is 2.24. The number of aromatic nitrogens is 1. The van der Waals surface area contributed by atoms with Gasteiger partial charge in [0.05, 0.1) is 4.92 Å². The number of anilines is 2. The molecule has 0 bridgehead atoms. The standard InChI is InChI=1S/C11H16N4O3/c12-10-4-3-9(15(17)18)11(13-10)14-5-1-2-8(6-14)7-16/h3-4,8,16H,1-2,5-7H2,(H2,12,13). The van der Waals surface area contributed by atoms with E-state index in [1.54, 1.807) is 0 Å². The number of pyridine rings is 1. The van der Waals surface area contributed by atoms with Gasteiger partial charge in [0.2, 0.25) is 5.82 Å². The Balaban J connectivity index is 2.31. The minimum atomic E-state index is -0.454. The summed E-state index contributed by atoms with van der Waals surface area (Å²) < 4.78 is 0. The molecule has 2 rings (SSSR count). The molecule has 1 saturated heterocycles. The average Bonchev–Trinajstić information content (AvgIpc) is 2.38. The van der Waals surface area contributed by atoms with Crippen LogP contribution < -0.4 is 10.6 Å². The third-order valence-electron chi connectivity index (χ3n) is 3.15. The van der Waals surface area contributed by atoms with Gasteiger partial charge in [-0.25, -0.2) is 4.98 Å². The topological polar surface area (TPSA) is 106 Å². The van der Waals surface area contributed by atoms with Gasteiger partial charge in [-0.15, -0.1) is 0 Å². The van der Waals surface area contributed by atoms with Crippen molar-refractivity contribution in [2.45, 2.75) is 12.8 Å². The Hall–Kier alpha value is -1.89. The molecule has 1 aliphatic rings. The van der Waals surface area contributed by atoms with Crippen LogP contribution >= 0.6 is 0 Å². The lowest BCUT2D eigenvalue weighted by atomic mass is 9.99. The average molecular weight is 252 g/mol. The van der Waals surface area contributed by atoms with Crippen molar-refractivity contribution in [3.05, 3.63) is 22.2 Å². The third-order valence-corrected chi connectivity index (χ3v) is 3.15. The molecule has 0 saturated carbocycles. The minimum Gasteiger partial charge on any atom is -0.396 e. The lowest BCUT2D eigenvalue weighted by molar-refractivity contribution is -0.384. The first kappa shape index (κ1) is 12.6. The van der Waals surface area contributed by atoms with Gasteiger partial charge in [-0.1, -0.05) is 0 Å². The maximum atomic E-state index is 11.0. The highest BCUT2D eigenvalue weighted by Gasteiger charge is 2.26. The van der Waals surface area contributed by atoms with Crippen LogP contribution in [-0.2, 0) is 0 Å². The summed E-state index contributed by atoms with van der Waals surface area (Å²) in [5.41, 5.74) is 5.55. The maximum Gasteiger partial charge on any atom is 0.311 e. The Labute approximate surface area is 104 Å². The number of nitrogens with two attached hydrogens (primary N) is 1. The van der Waals surface area contributed by atoms with E-state index in [1.807, 2.05) is 4.90 Å². The molecular weight excluding hydrogens is 236 g/mol. The van der Waals surface area contributed by atoms with Crippen LogP contribution in [0.2, 0.25) is 0 Å². The van der Waals surface area contributed by atoms with Crippen LogP contribution in [0.4, 0.5) is 17.3 Å². The van der Waals surface area contributed by atoms with Gasteiger partial charge in [0.15, 0.2) is 0 Å². The first-order valence-corrected chi connectivity index (χ1v) is 5.88. The number of rotatable bonds is 3. The fourth-order valence-corrected chi connectivity index (χ4v) is 2.24. The number of hydrogen-bond donors (Lipinski definition) is 2. The lowest BCUT2D eigenvalue weighted by Crippen LogP contribution is -2.37. The molecular formula is C11H16N4O3. The van der Waals surface area contributed by atoms with E-state index in [1.165, 1.54) is 12.1 Å². The van der Waals surface area contributed by atoms with Crippen molar-refractivity contribution < 1.29 is 10.0 Å². The van der Waals surface area contributed by atoms with E-state index in [0.29, 0.717) is 18.9 Å². The Morgan fingerprint density at radius 3 is 3.06 bits per heavy atom. The number of nitrogens with zero attached hydrogens (tertiary/aromatic N) is 3. The van der Waals surface area contributed by atoms with E-state index in [2.05, 4.69) is 4.98 Å². The molecule has 0 aromatic carbocycles. The predicted octanol–water partition coefficient (Wildman–Crippen LogP) is 0.781. The fraction of sp³-hybridized carbons (Fsp3) is 0.545. The van der Waals surface area contributed by atoms with E-state index in [0.717, 1.165) is 12.8 Å². The Morgan fingerprint density at radius 1 is 1.61 bits per heavy atom. The van der Waals surface area contributed by atoms with Gasteiger partial charge in [-0.05, 0) is 24.8 Å². The quantitative estimate of drug-likeness (QED) is 0.608. The van der Waals surface area contributed by atoms with Crippen LogP contribution in [0.15, 0.2) is 12.1 Å². The number of piperidine rings is 1. The molecule has 2 heterocycles. The zero-order valence-corrected chi connectivity index (χ0v) is 9.95. The summed E-state index contributed by atoms with van der Waals surface area (Å²) >= 11 is 0. The van der Waals surface area contributed by atoms with Crippen LogP contribution in [0.3, 0.4) is 0 Å². The van der Waals surface area contributed by atoms with Gasteiger partial charge in [-0.3, -0.25) is 10.1 Å². The molecule has 1 unspecified atom stereocenters. The summed E-state index contributed by atoms with van der Waals surface area (Å²) in [6, 6.07) is 2.80.